The number of alkyl halides is 1. The maximum atomic E-state index is 5.83. The van der Waals surface area contributed by atoms with E-state index in [2.05, 4.69) is 37.1 Å². The lowest BCUT2D eigenvalue weighted by molar-refractivity contribution is 0.321. The topological polar surface area (TPSA) is 3.24 Å². The maximum absolute atomic E-state index is 5.83. The summed E-state index contributed by atoms with van der Waals surface area (Å²) in [6, 6.07) is 6.53. The van der Waals surface area contributed by atoms with Gasteiger partial charge in [-0.05, 0) is 42.9 Å². The van der Waals surface area contributed by atoms with Crippen LogP contribution < -0.4 is 4.90 Å². The van der Waals surface area contributed by atoms with Crippen molar-refractivity contribution in [2.75, 3.05) is 18.5 Å². The SMILES string of the molecule is Cc1cc(CCl)ccc1N(C)CC1CCC1. The third-order valence-corrected chi connectivity index (χ3v) is 3.89. The zero-order valence-corrected chi connectivity index (χ0v) is 10.9. The molecular formula is C14H20ClN. The number of rotatable bonds is 4. The number of anilines is 1. The fourth-order valence-electron chi connectivity index (χ4n) is 2.39. The summed E-state index contributed by atoms with van der Waals surface area (Å²) in [6.45, 7) is 3.36. The molecule has 1 aromatic carbocycles. The van der Waals surface area contributed by atoms with Gasteiger partial charge in [-0.3, -0.25) is 0 Å². The second-order valence-corrected chi connectivity index (χ2v) is 5.20. The lowest BCUT2D eigenvalue weighted by Crippen LogP contribution is -2.29. The summed E-state index contributed by atoms with van der Waals surface area (Å²) in [6.07, 6.45) is 4.23. The monoisotopic (exact) mass is 237 g/mol. The molecule has 0 saturated heterocycles. The lowest BCUT2D eigenvalue weighted by Gasteiger charge is -2.32. The first-order valence-electron chi connectivity index (χ1n) is 6.07. The summed E-state index contributed by atoms with van der Waals surface area (Å²) in [5, 5.41) is 0. The van der Waals surface area contributed by atoms with Crippen molar-refractivity contribution in [1.29, 1.82) is 0 Å². The third-order valence-electron chi connectivity index (χ3n) is 3.58. The zero-order chi connectivity index (χ0) is 11.5. The first-order valence-corrected chi connectivity index (χ1v) is 6.61. The normalized spacial score (nSPS) is 15.9. The van der Waals surface area contributed by atoms with Gasteiger partial charge in [-0.15, -0.1) is 11.6 Å². The molecule has 2 rings (SSSR count). The molecule has 1 aliphatic rings. The molecule has 0 N–H and O–H groups in total. The van der Waals surface area contributed by atoms with E-state index in [0.717, 1.165) is 5.92 Å². The lowest BCUT2D eigenvalue weighted by atomic mass is 9.85. The van der Waals surface area contributed by atoms with Crippen LogP contribution >= 0.6 is 11.6 Å². The summed E-state index contributed by atoms with van der Waals surface area (Å²) in [5.74, 6) is 1.52. The van der Waals surface area contributed by atoms with E-state index in [1.54, 1.807) is 0 Å². The highest BCUT2D eigenvalue weighted by Gasteiger charge is 2.19. The van der Waals surface area contributed by atoms with Gasteiger partial charge < -0.3 is 4.90 Å². The molecule has 0 atom stereocenters. The first-order chi connectivity index (χ1) is 7.70. The van der Waals surface area contributed by atoms with Crippen molar-refractivity contribution < 1.29 is 0 Å². The number of aryl methyl sites for hydroxylation is 1. The van der Waals surface area contributed by atoms with E-state index in [4.69, 9.17) is 11.6 Å². The van der Waals surface area contributed by atoms with Gasteiger partial charge in [0.05, 0.1) is 0 Å². The van der Waals surface area contributed by atoms with Crippen molar-refractivity contribution in [2.45, 2.75) is 32.1 Å². The van der Waals surface area contributed by atoms with Gasteiger partial charge in [-0.2, -0.15) is 0 Å². The Bertz CT molecular complexity index is 358. The van der Waals surface area contributed by atoms with Gasteiger partial charge in [-0.25, -0.2) is 0 Å². The van der Waals surface area contributed by atoms with Gasteiger partial charge in [0, 0.05) is 25.2 Å². The van der Waals surface area contributed by atoms with Crippen LogP contribution in [0.15, 0.2) is 18.2 Å². The van der Waals surface area contributed by atoms with Crippen molar-refractivity contribution >= 4 is 17.3 Å². The van der Waals surface area contributed by atoms with Gasteiger partial charge in [0.1, 0.15) is 0 Å². The van der Waals surface area contributed by atoms with E-state index < -0.39 is 0 Å². The van der Waals surface area contributed by atoms with Crippen molar-refractivity contribution in [3.63, 3.8) is 0 Å². The molecule has 2 heteroatoms. The van der Waals surface area contributed by atoms with Gasteiger partial charge >= 0.3 is 0 Å². The van der Waals surface area contributed by atoms with Crippen molar-refractivity contribution in [2.24, 2.45) is 5.92 Å². The molecule has 1 saturated carbocycles. The summed E-state index contributed by atoms with van der Waals surface area (Å²) in [7, 11) is 2.20. The summed E-state index contributed by atoms with van der Waals surface area (Å²) in [5.41, 5.74) is 3.89. The highest BCUT2D eigenvalue weighted by atomic mass is 35.5. The second kappa shape index (κ2) is 5.09. The van der Waals surface area contributed by atoms with Crippen LogP contribution in [0.5, 0.6) is 0 Å². The summed E-state index contributed by atoms with van der Waals surface area (Å²) >= 11 is 5.83. The first kappa shape index (κ1) is 11.8. The highest BCUT2D eigenvalue weighted by molar-refractivity contribution is 6.17. The van der Waals surface area contributed by atoms with Crippen LogP contribution in [0.25, 0.3) is 0 Å². The molecule has 1 aromatic rings. The Morgan fingerprint density at radius 3 is 2.62 bits per heavy atom. The minimum atomic E-state index is 0.605. The number of benzene rings is 1. The van der Waals surface area contributed by atoms with Crippen molar-refractivity contribution in [3.05, 3.63) is 29.3 Å². The van der Waals surface area contributed by atoms with Crippen LogP contribution in [-0.2, 0) is 5.88 Å². The minimum absolute atomic E-state index is 0.605. The van der Waals surface area contributed by atoms with Crippen molar-refractivity contribution in [3.8, 4) is 0 Å². The van der Waals surface area contributed by atoms with Crippen LogP contribution in [0.3, 0.4) is 0 Å². The van der Waals surface area contributed by atoms with E-state index in [1.165, 1.54) is 42.6 Å². The Balaban J connectivity index is 2.06. The fraction of sp³-hybridized carbons (Fsp3) is 0.571. The molecule has 0 heterocycles. The number of hydrogen-bond donors (Lipinski definition) is 0. The van der Waals surface area contributed by atoms with Gasteiger partial charge in [-0.1, -0.05) is 18.6 Å². The Morgan fingerprint density at radius 1 is 1.38 bits per heavy atom. The Labute approximate surface area is 103 Å². The smallest absolute Gasteiger partial charge is 0.0474 e. The Kier molecular flexibility index (Phi) is 3.75. The van der Waals surface area contributed by atoms with E-state index in [1.807, 2.05) is 0 Å². The molecule has 0 unspecified atom stereocenters. The van der Waals surface area contributed by atoms with Crippen LogP contribution in [0.2, 0.25) is 0 Å². The van der Waals surface area contributed by atoms with Crippen LogP contribution in [0, 0.1) is 12.8 Å². The van der Waals surface area contributed by atoms with Gasteiger partial charge in [0.25, 0.3) is 0 Å². The highest BCUT2D eigenvalue weighted by Crippen LogP contribution is 2.29. The summed E-state index contributed by atoms with van der Waals surface area (Å²) in [4.78, 5) is 2.39. The molecule has 1 nitrogen and oxygen atoms in total. The fourth-order valence-corrected chi connectivity index (χ4v) is 2.56. The number of nitrogens with zero attached hydrogens (tertiary/aromatic N) is 1. The van der Waals surface area contributed by atoms with E-state index in [-0.39, 0.29) is 0 Å². The molecule has 0 radical (unpaired) electrons. The minimum Gasteiger partial charge on any atom is -0.374 e. The van der Waals surface area contributed by atoms with Crippen LogP contribution in [-0.4, -0.2) is 13.6 Å². The molecule has 0 bridgehead atoms. The standard InChI is InChI=1S/C14H20ClN/c1-11-8-13(9-15)6-7-14(11)16(2)10-12-4-3-5-12/h6-8,12H,3-5,9-10H2,1-2H3. The predicted octanol–water partition coefficient (Wildman–Crippen LogP) is 3.97. The van der Waals surface area contributed by atoms with Crippen molar-refractivity contribution in [1.82, 2.24) is 0 Å². The zero-order valence-electron chi connectivity index (χ0n) is 10.2. The van der Waals surface area contributed by atoms with Crippen LogP contribution in [0.1, 0.15) is 30.4 Å². The average molecular weight is 238 g/mol. The molecule has 0 amide bonds. The van der Waals surface area contributed by atoms with E-state index >= 15 is 0 Å². The van der Waals surface area contributed by atoms with Gasteiger partial charge in [0.2, 0.25) is 0 Å². The molecule has 1 fully saturated rings. The molecule has 1 aliphatic carbocycles. The number of halogens is 1. The molecular weight excluding hydrogens is 218 g/mol. The summed E-state index contributed by atoms with van der Waals surface area (Å²) < 4.78 is 0. The predicted molar refractivity (Wildman–Crippen MR) is 71.3 cm³/mol. The van der Waals surface area contributed by atoms with Crippen LogP contribution in [0.4, 0.5) is 5.69 Å². The molecule has 16 heavy (non-hydrogen) atoms. The van der Waals surface area contributed by atoms with E-state index in [0.29, 0.717) is 5.88 Å². The second-order valence-electron chi connectivity index (χ2n) is 4.93. The molecule has 0 aliphatic heterocycles. The average Bonchev–Trinajstić information content (AvgIpc) is 2.23. The Morgan fingerprint density at radius 2 is 2.12 bits per heavy atom. The van der Waals surface area contributed by atoms with Gasteiger partial charge in [0.15, 0.2) is 0 Å². The van der Waals surface area contributed by atoms with E-state index in [9.17, 15) is 0 Å². The quantitative estimate of drug-likeness (QED) is 0.717. The molecule has 88 valence electrons. The third kappa shape index (κ3) is 2.52. The maximum Gasteiger partial charge on any atom is 0.0474 e. The molecule has 0 spiro atoms. The Hall–Kier alpha value is -0.690. The molecule has 0 aromatic heterocycles. The largest absolute Gasteiger partial charge is 0.374 e. The number of hydrogen-bond acceptors (Lipinski definition) is 1.